The summed E-state index contributed by atoms with van der Waals surface area (Å²) in [5, 5.41) is 2.08. The van der Waals surface area contributed by atoms with Crippen LogP contribution in [0.15, 0.2) is 5.03 Å². The predicted octanol–water partition coefficient (Wildman–Crippen LogP) is 2.70. The summed E-state index contributed by atoms with van der Waals surface area (Å²) in [7, 11) is 0. The third-order valence-corrected chi connectivity index (χ3v) is 5.73. The van der Waals surface area contributed by atoms with E-state index in [9.17, 15) is 4.79 Å². The number of primary amides is 1. The minimum atomic E-state index is -0.308. The Bertz CT molecular complexity index is 681. The molecule has 106 valence electrons. The molecule has 4 nitrogen and oxygen atoms in total. The number of thiophene rings is 1. The molecule has 6 heteroatoms. The Morgan fingerprint density at radius 1 is 1.50 bits per heavy atom. The van der Waals surface area contributed by atoms with Crippen molar-refractivity contribution < 1.29 is 4.79 Å². The molecule has 0 saturated heterocycles. The van der Waals surface area contributed by atoms with E-state index < -0.39 is 0 Å². The molecule has 1 aliphatic carbocycles. The second-order valence-electron chi connectivity index (χ2n) is 5.36. The Kier molecular flexibility index (Phi) is 3.69. The molecule has 2 aromatic rings. The molecule has 2 heterocycles. The monoisotopic (exact) mass is 307 g/mol. The highest BCUT2D eigenvalue weighted by Crippen LogP contribution is 2.40. The highest BCUT2D eigenvalue weighted by atomic mass is 32.2. The van der Waals surface area contributed by atoms with Gasteiger partial charge >= 0.3 is 0 Å². The maximum absolute atomic E-state index is 11.0. The molecule has 0 fully saturated rings. The van der Waals surface area contributed by atoms with Crippen molar-refractivity contribution in [1.82, 2.24) is 9.97 Å². The SMILES string of the molecule is Cc1nc(SCC(N)=O)c2c3c(sc2n1)C[C@H](C)CC3. The van der Waals surface area contributed by atoms with Crippen LogP contribution in [-0.4, -0.2) is 21.6 Å². The van der Waals surface area contributed by atoms with Crippen molar-refractivity contribution in [1.29, 1.82) is 0 Å². The van der Waals surface area contributed by atoms with Crippen LogP contribution in [0, 0.1) is 12.8 Å². The quantitative estimate of drug-likeness (QED) is 0.699. The highest BCUT2D eigenvalue weighted by Gasteiger charge is 2.23. The molecule has 3 rings (SSSR count). The van der Waals surface area contributed by atoms with Gasteiger partial charge in [-0.25, -0.2) is 9.97 Å². The van der Waals surface area contributed by atoms with Crippen molar-refractivity contribution >= 4 is 39.2 Å². The number of carbonyl (C=O) groups excluding carboxylic acids is 1. The summed E-state index contributed by atoms with van der Waals surface area (Å²) in [6.45, 7) is 4.20. The fourth-order valence-electron chi connectivity index (χ4n) is 2.65. The Morgan fingerprint density at radius 3 is 3.05 bits per heavy atom. The first-order valence-corrected chi connectivity index (χ1v) is 8.54. The van der Waals surface area contributed by atoms with E-state index in [1.807, 2.05) is 6.92 Å². The number of aromatic nitrogens is 2. The molecule has 2 N–H and O–H groups in total. The van der Waals surface area contributed by atoms with E-state index in [1.165, 1.54) is 28.6 Å². The lowest BCUT2D eigenvalue weighted by molar-refractivity contribution is -0.115. The van der Waals surface area contributed by atoms with Gasteiger partial charge < -0.3 is 5.73 Å². The van der Waals surface area contributed by atoms with Gasteiger partial charge in [0.25, 0.3) is 0 Å². The molecular formula is C14H17N3OS2. The van der Waals surface area contributed by atoms with Crippen molar-refractivity contribution in [2.45, 2.75) is 38.1 Å². The van der Waals surface area contributed by atoms with Gasteiger partial charge in [-0.05, 0) is 37.7 Å². The average molecular weight is 307 g/mol. The minimum absolute atomic E-state index is 0.270. The average Bonchev–Trinajstić information content (AvgIpc) is 2.72. The Hall–Kier alpha value is -1.14. The van der Waals surface area contributed by atoms with Crippen molar-refractivity contribution in [3.8, 4) is 0 Å². The fraction of sp³-hybridized carbons (Fsp3) is 0.500. The molecule has 0 aromatic carbocycles. The number of nitrogens with two attached hydrogens (primary N) is 1. The smallest absolute Gasteiger partial charge is 0.227 e. The Labute approximate surface area is 126 Å². The number of carbonyl (C=O) groups is 1. The van der Waals surface area contributed by atoms with E-state index in [0.29, 0.717) is 0 Å². The van der Waals surface area contributed by atoms with Crippen LogP contribution in [0.2, 0.25) is 0 Å². The predicted molar refractivity (Wildman–Crippen MR) is 83.3 cm³/mol. The van der Waals surface area contributed by atoms with Gasteiger partial charge in [0, 0.05) is 10.3 Å². The number of hydrogen-bond acceptors (Lipinski definition) is 5. The van der Waals surface area contributed by atoms with Crippen molar-refractivity contribution in [3.63, 3.8) is 0 Å². The minimum Gasteiger partial charge on any atom is -0.369 e. The highest BCUT2D eigenvalue weighted by molar-refractivity contribution is 8.00. The van der Waals surface area contributed by atoms with Crippen LogP contribution >= 0.6 is 23.1 Å². The van der Waals surface area contributed by atoms with Crippen LogP contribution in [0.25, 0.3) is 10.2 Å². The number of hydrogen-bond donors (Lipinski definition) is 1. The van der Waals surface area contributed by atoms with Crippen LogP contribution in [-0.2, 0) is 17.6 Å². The Morgan fingerprint density at radius 2 is 2.30 bits per heavy atom. The van der Waals surface area contributed by atoms with Crippen LogP contribution in [0.4, 0.5) is 0 Å². The lowest BCUT2D eigenvalue weighted by Gasteiger charge is -2.18. The van der Waals surface area contributed by atoms with E-state index in [1.54, 1.807) is 11.3 Å². The summed E-state index contributed by atoms with van der Waals surface area (Å²) in [4.78, 5) is 22.6. The van der Waals surface area contributed by atoms with Gasteiger partial charge in [-0.1, -0.05) is 18.7 Å². The van der Waals surface area contributed by atoms with E-state index in [0.717, 1.165) is 39.8 Å². The van der Waals surface area contributed by atoms with Crippen molar-refractivity contribution in [2.75, 3.05) is 5.75 Å². The second-order valence-corrected chi connectivity index (χ2v) is 7.41. The maximum Gasteiger partial charge on any atom is 0.227 e. The number of thioether (sulfide) groups is 1. The molecular weight excluding hydrogens is 290 g/mol. The normalized spacial score (nSPS) is 18.2. The van der Waals surface area contributed by atoms with Crippen LogP contribution in [0.5, 0.6) is 0 Å². The van der Waals surface area contributed by atoms with Gasteiger partial charge in [0.15, 0.2) is 0 Å². The van der Waals surface area contributed by atoms with E-state index in [-0.39, 0.29) is 11.7 Å². The number of fused-ring (bicyclic) bond motifs is 3. The van der Waals surface area contributed by atoms with Crippen molar-refractivity contribution in [2.24, 2.45) is 11.7 Å². The maximum atomic E-state index is 11.0. The standard InChI is InChI=1S/C14H17N3OS2/c1-7-3-4-9-10(5-7)20-14-12(9)13(16-8(2)17-14)19-6-11(15)18/h7H,3-6H2,1-2H3,(H2,15,18)/t7-/m1/s1. The summed E-state index contributed by atoms with van der Waals surface area (Å²) < 4.78 is 0. The summed E-state index contributed by atoms with van der Waals surface area (Å²) in [5.41, 5.74) is 6.65. The number of amides is 1. The van der Waals surface area contributed by atoms with Crippen LogP contribution in [0.3, 0.4) is 0 Å². The van der Waals surface area contributed by atoms with E-state index >= 15 is 0 Å². The van der Waals surface area contributed by atoms with Gasteiger partial charge in [0.2, 0.25) is 5.91 Å². The van der Waals surface area contributed by atoms with Gasteiger partial charge in [-0.2, -0.15) is 0 Å². The zero-order chi connectivity index (χ0) is 14.3. The van der Waals surface area contributed by atoms with Gasteiger partial charge in [-0.3, -0.25) is 4.79 Å². The zero-order valence-corrected chi connectivity index (χ0v) is 13.2. The molecule has 2 aromatic heterocycles. The van der Waals surface area contributed by atoms with Crippen molar-refractivity contribution in [3.05, 3.63) is 16.3 Å². The zero-order valence-electron chi connectivity index (χ0n) is 11.6. The molecule has 0 saturated carbocycles. The second kappa shape index (κ2) is 5.33. The van der Waals surface area contributed by atoms with E-state index in [4.69, 9.17) is 5.73 Å². The van der Waals surface area contributed by atoms with Crippen LogP contribution in [0.1, 0.15) is 29.6 Å². The molecule has 0 aliphatic heterocycles. The van der Waals surface area contributed by atoms with Gasteiger partial charge in [-0.15, -0.1) is 11.3 Å². The topological polar surface area (TPSA) is 68.9 Å². The molecule has 20 heavy (non-hydrogen) atoms. The van der Waals surface area contributed by atoms with Crippen LogP contribution < -0.4 is 5.73 Å². The number of nitrogens with zero attached hydrogens (tertiary/aromatic N) is 2. The molecule has 1 amide bonds. The summed E-state index contributed by atoms with van der Waals surface area (Å²) in [6.07, 6.45) is 3.44. The number of rotatable bonds is 3. The lowest BCUT2D eigenvalue weighted by Crippen LogP contribution is -2.13. The molecule has 0 radical (unpaired) electrons. The van der Waals surface area contributed by atoms with Gasteiger partial charge in [0.1, 0.15) is 15.7 Å². The lowest BCUT2D eigenvalue weighted by atomic mass is 9.89. The fourth-order valence-corrected chi connectivity index (χ4v) is 4.99. The molecule has 0 unspecified atom stereocenters. The summed E-state index contributed by atoms with van der Waals surface area (Å²) in [5.74, 6) is 1.46. The first-order valence-electron chi connectivity index (χ1n) is 6.74. The molecule has 1 atom stereocenters. The Balaban J connectivity index is 2.11. The molecule has 0 bridgehead atoms. The largest absolute Gasteiger partial charge is 0.369 e. The van der Waals surface area contributed by atoms with Gasteiger partial charge in [0.05, 0.1) is 5.75 Å². The van der Waals surface area contributed by atoms with E-state index in [2.05, 4.69) is 16.9 Å². The third-order valence-electron chi connectivity index (χ3n) is 3.58. The first-order chi connectivity index (χ1) is 9.54. The first kappa shape index (κ1) is 13.8. The molecule has 0 spiro atoms. The number of aryl methyl sites for hydroxylation is 2. The summed E-state index contributed by atoms with van der Waals surface area (Å²) in [6, 6.07) is 0. The third kappa shape index (κ3) is 2.54. The molecule has 1 aliphatic rings. The summed E-state index contributed by atoms with van der Waals surface area (Å²) >= 11 is 3.22.